The van der Waals surface area contributed by atoms with Crippen LogP contribution < -0.4 is 14.8 Å². The van der Waals surface area contributed by atoms with Crippen molar-refractivity contribution in [2.45, 2.75) is 13.8 Å². The predicted octanol–water partition coefficient (Wildman–Crippen LogP) is 2.91. The number of amides is 1. The van der Waals surface area contributed by atoms with E-state index < -0.39 is 0 Å². The summed E-state index contributed by atoms with van der Waals surface area (Å²) in [6.07, 6.45) is 0. The van der Waals surface area contributed by atoms with Gasteiger partial charge in [-0.1, -0.05) is 6.92 Å². The molecule has 0 aliphatic heterocycles. The zero-order valence-electron chi connectivity index (χ0n) is 10.8. The Hall–Kier alpha value is -1.42. The Labute approximate surface area is 112 Å². The number of halogens is 1. The molecule has 0 aromatic heterocycles. The van der Waals surface area contributed by atoms with Crippen LogP contribution in [-0.2, 0) is 4.79 Å². The number of carbonyl (C=O) groups is 1. The van der Waals surface area contributed by atoms with E-state index in [0.29, 0.717) is 29.7 Å². The first-order chi connectivity index (χ1) is 8.62. The quantitative estimate of drug-likeness (QED) is 0.810. The number of carbonyl (C=O) groups excluding carboxylic acids is 1. The number of hydrogen-bond donors (Lipinski definition) is 1. The molecule has 1 atom stereocenters. The molecular formula is C13H18ClNO3. The van der Waals surface area contributed by atoms with Gasteiger partial charge in [0.1, 0.15) is 0 Å². The van der Waals surface area contributed by atoms with Crippen LogP contribution in [0.15, 0.2) is 18.2 Å². The van der Waals surface area contributed by atoms with Gasteiger partial charge in [-0.3, -0.25) is 4.79 Å². The lowest BCUT2D eigenvalue weighted by molar-refractivity contribution is -0.118. The van der Waals surface area contributed by atoms with Crippen molar-refractivity contribution in [3.8, 4) is 11.5 Å². The molecule has 0 bridgehead atoms. The third-order valence-corrected chi connectivity index (χ3v) is 2.87. The molecule has 1 amide bonds. The van der Waals surface area contributed by atoms with E-state index in [0.717, 1.165) is 0 Å². The van der Waals surface area contributed by atoms with Crippen molar-refractivity contribution in [2.24, 2.45) is 5.92 Å². The molecule has 0 radical (unpaired) electrons. The van der Waals surface area contributed by atoms with Crippen molar-refractivity contribution in [2.75, 3.05) is 24.9 Å². The number of nitrogens with one attached hydrogen (secondary N) is 1. The maximum absolute atomic E-state index is 11.7. The molecule has 0 saturated heterocycles. The van der Waals surface area contributed by atoms with Gasteiger partial charge in [0, 0.05) is 23.6 Å². The molecule has 1 unspecified atom stereocenters. The third kappa shape index (κ3) is 3.81. The number of rotatable bonds is 6. The van der Waals surface area contributed by atoms with Crippen molar-refractivity contribution in [3.05, 3.63) is 18.2 Å². The average Bonchev–Trinajstić information content (AvgIpc) is 2.39. The van der Waals surface area contributed by atoms with Gasteiger partial charge in [0.05, 0.1) is 13.7 Å². The maximum Gasteiger partial charge on any atom is 0.228 e. The van der Waals surface area contributed by atoms with Gasteiger partial charge in [-0.2, -0.15) is 0 Å². The Morgan fingerprint density at radius 2 is 2.17 bits per heavy atom. The lowest BCUT2D eigenvalue weighted by Gasteiger charge is -2.13. The Kier molecular flexibility index (Phi) is 5.78. The molecule has 0 spiro atoms. The predicted molar refractivity (Wildman–Crippen MR) is 72.7 cm³/mol. The van der Waals surface area contributed by atoms with E-state index in [1.807, 2.05) is 6.92 Å². The largest absolute Gasteiger partial charge is 0.493 e. The molecule has 18 heavy (non-hydrogen) atoms. The zero-order chi connectivity index (χ0) is 13.5. The topological polar surface area (TPSA) is 47.6 Å². The van der Waals surface area contributed by atoms with E-state index in [1.54, 1.807) is 32.2 Å². The molecule has 5 heteroatoms. The van der Waals surface area contributed by atoms with Crippen LogP contribution in [-0.4, -0.2) is 25.5 Å². The van der Waals surface area contributed by atoms with E-state index in [-0.39, 0.29) is 11.8 Å². The Morgan fingerprint density at radius 3 is 2.72 bits per heavy atom. The summed E-state index contributed by atoms with van der Waals surface area (Å²) in [5, 5.41) is 2.78. The molecule has 100 valence electrons. The highest BCUT2D eigenvalue weighted by molar-refractivity contribution is 6.19. The van der Waals surface area contributed by atoms with E-state index in [4.69, 9.17) is 21.1 Å². The third-order valence-electron chi connectivity index (χ3n) is 2.41. The smallest absolute Gasteiger partial charge is 0.228 e. The molecule has 1 aromatic rings. The van der Waals surface area contributed by atoms with Gasteiger partial charge in [-0.15, -0.1) is 11.6 Å². The number of alkyl halides is 1. The van der Waals surface area contributed by atoms with Crippen LogP contribution in [0.4, 0.5) is 5.69 Å². The Bertz CT molecular complexity index is 409. The van der Waals surface area contributed by atoms with Gasteiger partial charge in [-0.05, 0) is 19.1 Å². The van der Waals surface area contributed by atoms with Gasteiger partial charge >= 0.3 is 0 Å². The van der Waals surface area contributed by atoms with Crippen molar-refractivity contribution < 1.29 is 14.3 Å². The van der Waals surface area contributed by atoms with E-state index in [1.165, 1.54) is 0 Å². The lowest BCUT2D eigenvalue weighted by atomic mass is 10.2. The van der Waals surface area contributed by atoms with Crippen LogP contribution in [0.1, 0.15) is 13.8 Å². The molecule has 1 rings (SSSR count). The molecule has 4 nitrogen and oxygen atoms in total. The van der Waals surface area contributed by atoms with Crippen molar-refractivity contribution >= 4 is 23.2 Å². The molecule has 1 aromatic carbocycles. The van der Waals surface area contributed by atoms with E-state index in [9.17, 15) is 4.79 Å². The van der Waals surface area contributed by atoms with E-state index >= 15 is 0 Å². The first-order valence-electron chi connectivity index (χ1n) is 5.80. The van der Waals surface area contributed by atoms with Gasteiger partial charge in [0.15, 0.2) is 11.5 Å². The number of methoxy groups -OCH3 is 1. The fourth-order valence-electron chi connectivity index (χ4n) is 1.36. The van der Waals surface area contributed by atoms with E-state index in [2.05, 4.69) is 5.32 Å². The number of anilines is 1. The molecule has 0 aliphatic rings. The summed E-state index contributed by atoms with van der Waals surface area (Å²) in [4.78, 5) is 11.7. The fourth-order valence-corrected chi connectivity index (χ4v) is 1.50. The second-order valence-corrected chi connectivity index (χ2v) is 4.15. The van der Waals surface area contributed by atoms with Crippen molar-refractivity contribution in [3.63, 3.8) is 0 Å². The second-order valence-electron chi connectivity index (χ2n) is 3.84. The van der Waals surface area contributed by atoms with Crippen LogP contribution in [0.25, 0.3) is 0 Å². The molecule has 0 heterocycles. The molecule has 0 fully saturated rings. The van der Waals surface area contributed by atoms with Crippen LogP contribution in [0.2, 0.25) is 0 Å². The van der Waals surface area contributed by atoms with Crippen LogP contribution in [0.3, 0.4) is 0 Å². The van der Waals surface area contributed by atoms with Gasteiger partial charge < -0.3 is 14.8 Å². The summed E-state index contributed by atoms with van der Waals surface area (Å²) in [6, 6.07) is 5.26. The van der Waals surface area contributed by atoms with Gasteiger partial charge in [0.25, 0.3) is 0 Å². The van der Waals surface area contributed by atoms with Crippen molar-refractivity contribution in [1.29, 1.82) is 0 Å². The number of hydrogen-bond acceptors (Lipinski definition) is 3. The molecule has 1 N–H and O–H groups in total. The highest BCUT2D eigenvalue weighted by atomic mass is 35.5. The highest BCUT2D eigenvalue weighted by Gasteiger charge is 2.13. The maximum atomic E-state index is 11.7. The fraction of sp³-hybridized carbons (Fsp3) is 0.462. The first kappa shape index (κ1) is 14.6. The number of benzene rings is 1. The van der Waals surface area contributed by atoms with Crippen LogP contribution in [0, 0.1) is 5.92 Å². The summed E-state index contributed by atoms with van der Waals surface area (Å²) in [7, 11) is 1.56. The number of ether oxygens (including phenoxy) is 2. The van der Waals surface area contributed by atoms with Gasteiger partial charge in [0.2, 0.25) is 5.91 Å². The molecular weight excluding hydrogens is 254 g/mol. The van der Waals surface area contributed by atoms with Crippen LogP contribution >= 0.6 is 11.6 Å². The molecule has 0 saturated carbocycles. The SMILES string of the molecule is CCOc1ccc(NC(=O)C(C)CCl)cc1OC. The zero-order valence-corrected chi connectivity index (χ0v) is 11.6. The second kappa shape index (κ2) is 7.11. The molecule has 0 aliphatic carbocycles. The standard InChI is InChI=1S/C13H18ClNO3/c1-4-18-11-6-5-10(7-12(11)17-3)15-13(16)9(2)8-14/h5-7,9H,4,8H2,1-3H3,(H,15,16). The first-order valence-corrected chi connectivity index (χ1v) is 6.33. The Morgan fingerprint density at radius 1 is 1.44 bits per heavy atom. The monoisotopic (exact) mass is 271 g/mol. The summed E-state index contributed by atoms with van der Waals surface area (Å²) in [5.74, 6) is 1.19. The minimum Gasteiger partial charge on any atom is -0.493 e. The Balaban J connectivity index is 2.82. The summed E-state index contributed by atoms with van der Waals surface area (Å²) >= 11 is 5.63. The minimum absolute atomic E-state index is 0.115. The average molecular weight is 272 g/mol. The minimum atomic E-state index is -0.232. The van der Waals surface area contributed by atoms with Crippen molar-refractivity contribution in [1.82, 2.24) is 0 Å². The lowest BCUT2D eigenvalue weighted by Crippen LogP contribution is -2.21. The highest BCUT2D eigenvalue weighted by Crippen LogP contribution is 2.30. The summed E-state index contributed by atoms with van der Waals surface area (Å²) in [5.41, 5.74) is 0.664. The van der Waals surface area contributed by atoms with Crippen LogP contribution in [0.5, 0.6) is 11.5 Å². The summed E-state index contributed by atoms with van der Waals surface area (Å²) in [6.45, 7) is 4.23. The van der Waals surface area contributed by atoms with Gasteiger partial charge in [-0.25, -0.2) is 0 Å². The normalized spacial score (nSPS) is 11.8. The summed E-state index contributed by atoms with van der Waals surface area (Å²) < 4.78 is 10.6.